The van der Waals surface area contributed by atoms with Gasteiger partial charge in [-0.05, 0) is 44.7 Å². The summed E-state index contributed by atoms with van der Waals surface area (Å²) in [6.45, 7) is 2.56. The highest BCUT2D eigenvalue weighted by Gasteiger charge is 2.31. The predicted octanol–water partition coefficient (Wildman–Crippen LogP) is 1.23. The Kier molecular flexibility index (Phi) is 5.19. The van der Waals surface area contributed by atoms with Crippen LogP contribution in [0.5, 0.6) is 0 Å². The van der Waals surface area contributed by atoms with Crippen molar-refractivity contribution in [2.24, 2.45) is 5.92 Å². The summed E-state index contributed by atoms with van der Waals surface area (Å²) in [5, 5.41) is 12.6. The smallest absolute Gasteiger partial charge is 0.326 e. The molecule has 2 aliphatic rings. The Hall–Kier alpha value is -1.10. The predicted molar refractivity (Wildman–Crippen MR) is 71.8 cm³/mol. The van der Waals surface area contributed by atoms with E-state index < -0.39 is 12.0 Å². The lowest BCUT2D eigenvalue weighted by atomic mass is 9.93. The topological polar surface area (TPSA) is 69.6 Å². The van der Waals surface area contributed by atoms with Gasteiger partial charge in [0.05, 0.1) is 0 Å². The molecular formula is C14H24N2O3. The Morgan fingerprint density at radius 3 is 2.53 bits per heavy atom. The average molecular weight is 268 g/mol. The fourth-order valence-corrected chi connectivity index (χ4v) is 3.11. The number of amides is 1. The third-order valence-electron chi connectivity index (χ3n) is 4.28. The molecule has 0 radical (unpaired) electrons. The number of hydrogen-bond donors (Lipinski definition) is 2. The number of rotatable bonds is 3. The first-order chi connectivity index (χ1) is 9.18. The third-order valence-corrected chi connectivity index (χ3v) is 4.28. The molecule has 2 aliphatic heterocycles. The first-order valence-electron chi connectivity index (χ1n) is 7.41. The molecule has 5 heteroatoms. The fourth-order valence-electron chi connectivity index (χ4n) is 3.11. The van der Waals surface area contributed by atoms with Gasteiger partial charge in [0.15, 0.2) is 0 Å². The van der Waals surface area contributed by atoms with Crippen molar-refractivity contribution in [2.75, 3.05) is 19.6 Å². The molecule has 2 saturated heterocycles. The molecule has 5 nitrogen and oxygen atoms in total. The molecular weight excluding hydrogens is 244 g/mol. The molecule has 0 aromatic rings. The van der Waals surface area contributed by atoms with E-state index in [2.05, 4.69) is 5.32 Å². The summed E-state index contributed by atoms with van der Waals surface area (Å²) in [5.41, 5.74) is 0. The van der Waals surface area contributed by atoms with Gasteiger partial charge in [0.25, 0.3) is 0 Å². The van der Waals surface area contributed by atoms with Crippen LogP contribution in [0.1, 0.15) is 44.9 Å². The summed E-state index contributed by atoms with van der Waals surface area (Å²) in [5.74, 6) is -0.381. The van der Waals surface area contributed by atoms with Crippen LogP contribution < -0.4 is 5.32 Å². The van der Waals surface area contributed by atoms with E-state index in [1.165, 1.54) is 0 Å². The Labute approximate surface area is 114 Å². The van der Waals surface area contributed by atoms with E-state index in [4.69, 9.17) is 0 Å². The van der Waals surface area contributed by atoms with Crippen molar-refractivity contribution >= 4 is 11.9 Å². The lowest BCUT2D eigenvalue weighted by molar-refractivity contribution is -0.150. The van der Waals surface area contributed by atoms with E-state index >= 15 is 0 Å². The van der Waals surface area contributed by atoms with Crippen molar-refractivity contribution < 1.29 is 14.7 Å². The van der Waals surface area contributed by atoms with Crippen molar-refractivity contribution in [3.63, 3.8) is 0 Å². The van der Waals surface area contributed by atoms with Gasteiger partial charge in [-0.2, -0.15) is 0 Å². The lowest BCUT2D eigenvalue weighted by Gasteiger charge is -2.30. The molecule has 0 aromatic carbocycles. The molecule has 0 aromatic heterocycles. The van der Waals surface area contributed by atoms with E-state index in [1.54, 1.807) is 4.90 Å². The van der Waals surface area contributed by atoms with Crippen LogP contribution in [0.3, 0.4) is 0 Å². The SMILES string of the molecule is O=C(O)C1CCCCCN1C(=O)CC1CCNCC1. The third kappa shape index (κ3) is 3.93. The number of carbonyl (C=O) groups is 2. The highest BCUT2D eigenvalue weighted by Crippen LogP contribution is 2.22. The van der Waals surface area contributed by atoms with Gasteiger partial charge in [0.1, 0.15) is 6.04 Å². The minimum atomic E-state index is -0.847. The maximum absolute atomic E-state index is 12.4. The molecule has 1 atom stereocenters. The number of hydrogen-bond acceptors (Lipinski definition) is 3. The van der Waals surface area contributed by atoms with Crippen molar-refractivity contribution in [1.29, 1.82) is 0 Å². The zero-order valence-corrected chi connectivity index (χ0v) is 11.4. The van der Waals surface area contributed by atoms with Crippen LogP contribution in [0.4, 0.5) is 0 Å². The van der Waals surface area contributed by atoms with Gasteiger partial charge in [-0.1, -0.05) is 12.8 Å². The monoisotopic (exact) mass is 268 g/mol. The van der Waals surface area contributed by atoms with Gasteiger partial charge in [-0.15, -0.1) is 0 Å². The Morgan fingerprint density at radius 1 is 1.11 bits per heavy atom. The quantitative estimate of drug-likeness (QED) is 0.808. The molecule has 2 rings (SSSR count). The highest BCUT2D eigenvalue weighted by molar-refractivity contribution is 5.83. The minimum Gasteiger partial charge on any atom is -0.480 e. The first-order valence-corrected chi connectivity index (χ1v) is 7.41. The van der Waals surface area contributed by atoms with Gasteiger partial charge in [0, 0.05) is 13.0 Å². The van der Waals surface area contributed by atoms with E-state index in [9.17, 15) is 14.7 Å². The van der Waals surface area contributed by atoms with Crippen LogP contribution in [0.2, 0.25) is 0 Å². The molecule has 108 valence electrons. The van der Waals surface area contributed by atoms with Crippen LogP contribution in [0, 0.1) is 5.92 Å². The van der Waals surface area contributed by atoms with E-state index in [0.29, 0.717) is 25.3 Å². The van der Waals surface area contributed by atoms with E-state index in [-0.39, 0.29) is 5.91 Å². The zero-order chi connectivity index (χ0) is 13.7. The molecule has 2 heterocycles. The van der Waals surface area contributed by atoms with E-state index in [1.807, 2.05) is 0 Å². The number of carboxylic acids is 1. The van der Waals surface area contributed by atoms with Crippen LogP contribution >= 0.6 is 0 Å². The van der Waals surface area contributed by atoms with Crippen molar-refractivity contribution in [1.82, 2.24) is 10.2 Å². The van der Waals surface area contributed by atoms with Crippen LogP contribution in [0.15, 0.2) is 0 Å². The second kappa shape index (κ2) is 6.89. The number of nitrogens with zero attached hydrogens (tertiary/aromatic N) is 1. The normalized spacial score (nSPS) is 25.9. The van der Waals surface area contributed by atoms with Crippen molar-refractivity contribution in [2.45, 2.75) is 51.0 Å². The van der Waals surface area contributed by atoms with Crippen LogP contribution in [-0.2, 0) is 9.59 Å². The lowest BCUT2D eigenvalue weighted by Crippen LogP contribution is -2.45. The standard InChI is InChI=1S/C14H24N2O3/c17-13(10-11-5-7-15-8-6-11)16-9-3-1-2-4-12(16)14(18)19/h11-12,15H,1-10H2,(H,18,19). The molecule has 0 spiro atoms. The molecule has 0 aliphatic carbocycles. The summed E-state index contributed by atoms with van der Waals surface area (Å²) in [6.07, 6.45) is 6.05. The molecule has 0 bridgehead atoms. The second-order valence-corrected chi connectivity index (χ2v) is 5.69. The van der Waals surface area contributed by atoms with Gasteiger partial charge in [0.2, 0.25) is 5.91 Å². The van der Waals surface area contributed by atoms with Crippen molar-refractivity contribution in [3.8, 4) is 0 Å². The molecule has 1 unspecified atom stereocenters. The Morgan fingerprint density at radius 2 is 1.84 bits per heavy atom. The Bertz CT molecular complexity index is 327. The summed E-state index contributed by atoms with van der Waals surface area (Å²) < 4.78 is 0. The number of likely N-dealkylation sites (tertiary alicyclic amines) is 1. The van der Waals surface area contributed by atoms with Gasteiger partial charge < -0.3 is 15.3 Å². The molecule has 0 saturated carbocycles. The van der Waals surface area contributed by atoms with E-state index in [0.717, 1.165) is 45.2 Å². The number of piperidine rings is 1. The number of nitrogens with one attached hydrogen (secondary N) is 1. The molecule has 2 fully saturated rings. The Balaban J connectivity index is 1.95. The number of aliphatic carboxylic acids is 1. The van der Waals surface area contributed by atoms with Crippen LogP contribution in [0.25, 0.3) is 0 Å². The second-order valence-electron chi connectivity index (χ2n) is 5.69. The highest BCUT2D eigenvalue weighted by atomic mass is 16.4. The average Bonchev–Trinajstić information content (AvgIpc) is 2.65. The minimum absolute atomic E-state index is 0.0428. The summed E-state index contributed by atoms with van der Waals surface area (Å²) in [6, 6.07) is -0.600. The summed E-state index contributed by atoms with van der Waals surface area (Å²) in [7, 11) is 0. The zero-order valence-electron chi connectivity index (χ0n) is 11.4. The number of carboxylic acid groups (broad SMARTS) is 1. The molecule has 19 heavy (non-hydrogen) atoms. The fraction of sp³-hybridized carbons (Fsp3) is 0.857. The maximum Gasteiger partial charge on any atom is 0.326 e. The van der Waals surface area contributed by atoms with Crippen molar-refractivity contribution in [3.05, 3.63) is 0 Å². The van der Waals surface area contributed by atoms with Gasteiger partial charge in [-0.3, -0.25) is 4.79 Å². The van der Waals surface area contributed by atoms with Gasteiger partial charge >= 0.3 is 5.97 Å². The molecule has 1 amide bonds. The summed E-state index contributed by atoms with van der Waals surface area (Å²) >= 11 is 0. The van der Waals surface area contributed by atoms with Crippen LogP contribution in [-0.4, -0.2) is 47.6 Å². The van der Waals surface area contributed by atoms with Gasteiger partial charge in [-0.25, -0.2) is 4.79 Å². The maximum atomic E-state index is 12.4. The summed E-state index contributed by atoms with van der Waals surface area (Å²) in [4.78, 5) is 25.3. The molecule has 2 N–H and O–H groups in total. The largest absolute Gasteiger partial charge is 0.480 e. The number of carbonyl (C=O) groups excluding carboxylic acids is 1. The first kappa shape index (κ1) is 14.3.